The number of amides is 1. The molecule has 4 rings (SSSR count). The van der Waals surface area contributed by atoms with E-state index in [0.717, 1.165) is 11.5 Å². The molecule has 1 aliphatic heterocycles. The van der Waals surface area contributed by atoms with Crippen LogP contribution in [0.1, 0.15) is 16.1 Å². The zero-order valence-corrected chi connectivity index (χ0v) is 15.1. The van der Waals surface area contributed by atoms with E-state index in [4.69, 9.17) is 4.42 Å². The summed E-state index contributed by atoms with van der Waals surface area (Å²) < 4.78 is 5.21. The molecule has 27 heavy (non-hydrogen) atoms. The molecule has 3 heterocycles. The molecule has 3 aromatic rings. The number of furan rings is 1. The molecule has 0 bridgehead atoms. The lowest BCUT2D eigenvalue weighted by Gasteiger charge is -2.35. The molecular formula is C20H21N5O2. The first-order valence-corrected chi connectivity index (χ1v) is 8.93. The fraction of sp³-hybridized carbons (Fsp3) is 0.250. The second-order valence-corrected chi connectivity index (χ2v) is 6.49. The molecule has 1 saturated heterocycles. The molecule has 1 N–H and O–H groups in total. The summed E-state index contributed by atoms with van der Waals surface area (Å²) in [6, 6.07) is 13.4. The molecule has 0 atom stereocenters. The molecule has 0 aliphatic carbocycles. The van der Waals surface area contributed by atoms with Crippen molar-refractivity contribution in [2.75, 3.05) is 36.4 Å². The Morgan fingerprint density at radius 1 is 1.07 bits per heavy atom. The number of anilines is 3. The summed E-state index contributed by atoms with van der Waals surface area (Å²) in [5, 5.41) is 3.23. The third-order valence-corrected chi connectivity index (χ3v) is 4.57. The van der Waals surface area contributed by atoms with Crippen LogP contribution in [0.2, 0.25) is 0 Å². The fourth-order valence-corrected chi connectivity index (χ4v) is 3.05. The van der Waals surface area contributed by atoms with Crippen molar-refractivity contribution in [2.45, 2.75) is 6.92 Å². The smallest absolute Gasteiger partial charge is 0.289 e. The van der Waals surface area contributed by atoms with Crippen LogP contribution in [-0.2, 0) is 0 Å². The lowest BCUT2D eigenvalue weighted by molar-refractivity contribution is 0.0714. The van der Waals surface area contributed by atoms with Crippen LogP contribution in [0.25, 0.3) is 0 Å². The van der Waals surface area contributed by atoms with Crippen LogP contribution in [0.4, 0.5) is 17.5 Å². The van der Waals surface area contributed by atoms with Crippen molar-refractivity contribution < 1.29 is 9.21 Å². The van der Waals surface area contributed by atoms with Crippen molar-refractivity contribution in [1.82, 2.24) is 14.9 Å². The highest BCUT2D eigenvalue weighted by atomic mass is 16.3. The topological polar surface area (TPSA) is 74.5 Å². The minimum Gasteiger partial charge on any atom is -0.459 e. The SMILES string of the molecule is Cc1ccc(Nc2nccc(N3CCN(C(=O)c4ccco4)CC3)n2)cc1. The number of carbonyl (C=O) groups is 1. The quantitative estimate of drug-likeness (QED) is 0.768. The lowest BCUT2D eigenvalue weighted by atomic mass is 10.2. The van der Waals surface area contributed by atoms with Gasteiger partial charge in [0.2, 0.25) is 5.95 Å². The number of piperazine rings is 1. The van der Waals surface area contributed by atoms with Gasteiger partial charge >= 0.3 is 0 Å². The van der Waals surface area contributed by atoms with Gasteiger partial charge in [-0.05, 0) is 37.3 Å². The van der Waals surface area contributed by atoms with E-state index >= 15 is 0 Å². The number of carbonyl (C=O) groups excluding carboxylic acids is 1. The van der Waals surface area contributed by atoms with E-state index in [9.17, 15) is 4.79 Å². The zero-order chi connectivity index (χ0) is 18.6. The second kappa shape index (κ2) is 7.49. The highest BCUT2D eigenvalue weighted by Crippen LogP contribution is 2.19. The van der Waals surface area contributed by atoms with E-state index < -0.39 is 0 Å². The van der Waals surface area contributed by atoms with Crippen molar-refractivity contribution >= 4 is 23.4 Å². The van der Waals surface area contributed by atoms with Crippen molar-refractivity contribution in [1.29, 1.82) is 0 Å². The second-order valence-electron chi connectivity index (χ2n) is 6.49. The molecule has 0 spiro atoms. The predicted octanol–water partition coefficient (Wildman–Crippen LogP) is 3.08. The molecule has 7 heteroatoms. The first kappa shape index (κ1) is 17.1. The van der Waals surface area contributed by atoms with Gasteiger partial charge in [-0.3, -0.25) is 4.79 Å². The molecular weight excluding hydrogens is 342 g/mol. The Morgan fingerprint density at radius 3 is 2.56 bits per heavy atom. The van der Waals surface area contributed by atoms with E-state index in [1.165, 1.54) is 11.8 Å². The van der Waals surface area contributed by atoms with Gasteiger partial charge in [0.15, 0.2) is 5.76 Å². The van der Waals surface area contributed by atoms with E-state index in [2.05, 4.69) is 27.1 Å². The Balaban J connectivity index is 1.40. The average Bonchev–Trinajstić information content (AvgIpc) is 3.24. The molecule has 0 unspecified atom stereocenters. The van der Waals surface area contributed by atoms with Crippen molar-refractivity contribution in [3.63, 3.8) is 0 Å². The van der Waals surface area contributed by atoms with Crippen LogP contribution in [-0.4, -0.2) is 47.0 Å². The van der Waals surface area contributed by atoms with Gasteiger partial charge in [0.25, 0.3) is 5.91 Å². The number of hydrogen-bond acceptors (Lipinski definition) is 6. The van der Waals surface area contributed by atoms with Crippen LogP contribution in [0.3, 0.4) is 0 Å². The summed E-state index contributed by atoms with van der Waals surface area (Å²) in [7, 11) is 0. The molecule has 2 aromatic heterocycles. The summed E-state index contributed by atoms with van der Waals surface area (Å²) in [6.45, 7) is 4.74. The van der Waals surface area contributed by atoms with Crippen LogP contribution in [0.15, 0.2) is 59.3 Å². The number of benzene rings is 1. The molecule has 1 amide bonds. The summed E-state index contributed by atoms with van der Waals surface area (Å²) in [5.74, 6) is 1.73. The highest BCUT2D eigenvalue weighted by molar-refractivity contribution is 5.91. The summed E-state index contributed by atoms with van der Waals surface area (Å²) in [5.41, 5.74) is 2.16. The molecule has 0 saturated carbocycles. The maximum absolute atomic E-state index is 12.4. The van der Waals surface area contributed by atoms with E-state index in [0.29, 0.717) is 37.9 Å². The van der Waals surface area contributed by atoms with Crippen LogP contribution in [0, 0.1) is 6.92 Å². The first-order chi connectivity index (χ1) is 13.2. The van der Waals surface area contributed by atoms with Crippen LogP contribution < -0.4 is 10.2 Å². The maximum atomic E-state index is 12.4. The van der Waals surface area contributed by atoms with Gasteiger partial charge in [0.1, 0.15) is 5.82 Å². The Hall–Kier alpha value is -3.35. The van der Waals surface area contributed by atoms with Gasteiger partial charge in [-0.25, -0.2) is 4.98 Å². The normalized spacial score (nSPS) is 14.3. The summed E-state index contributed by atoms with van der Waals surface area (Å²) in [4.78, 5) is 25.3. The lowest BCUT2D eigenvalue weighted by Crippen LogP contribution is -2.49. The fourth-order valence-electron chi connectivity index (χ4n) is 3.05. The Kier molecular flexibility index (Phi) is 4.74. The summed E-state index contributed by atoms with van der Waals surface area (Å²) in [6.07, 6.45) is 3.27. The van der Waals surface area contributed by atoms with Gasteiger partial charge in [0.05, 0.1) is 6.26 Å². The van der Waals surface area contributed by atoms with E-state index in [1.807, 2.05) is 35.2 Å². The first-order valence-electron chi connectivity index (χ1n) is 8.93. The van der Waals surface area contributed by atoms with Gasteiger partial charge < -0.3 is 19.5 Å². The zero-order valence-electron chi connectivity index (χ0n) is 15.1. The number of nitrogens with zero attached hydrogens (tertiary/aromatic N) is 4. The van der Waals surface area contributed by atoms with Gasteiger partial charge in [0, 0.05) is 38.1 Å². The Morgan fingerprint density at radius 2 is 1.85 bits per heavy atom. The van der Waals surface area contributed by atoms with Crippen molar-refractivity contribution in [2.24, 2.45) is 0 Å². The average molecular weight is 363 g/mol. The number of aromatic nitrogens is 2. The van der Waals surface area contributed by atoms with Crippen LogP contribution in [0.5, 0.6) is 0 Å². The van der Waals surface area contributed by atoms with Gasteiger partial charge in [-0.2, -0.15) is 4.98 Å². The Bertz CT molecular complexity index is 900. The van der Waals surface area contributed by atoms with Crippen molar-refractivity contribution in [3.8, 4) is 0 Å². The molecule has 1 fully saturated rings. The monoisotopic (exact) mass is 363 g/mol. The Labute approximate surface area is 157 Å². The van der Waals surface area contributed by atoms with Crippen molar-refractivity contribution in [3.05, 3.63) is 66.2 Å². The third-order valence-electron chi connectivity index (χ3n) is 4.57. The standard InChI is InChI=1S/C20H21N5O2/c1-15-4-6-16(7-5-15)22-20-21-9-8-18(23-20)24-10-12-25(13-11-24)19(26)17-3-2-14-27-17/h2-9,14H,10-13H2,1H3,(H,21,22,23). The molecule has 0 radical (unpaired) electrons. The minimum atomic E-state index is -0.0657. The predicted molar refractivity (Wildman–Crippen MR) is 103 cm³/mol. The number of rotatable bonds is 4. The van der Waals surface area contributed by atoms with Crippen LogP contribution >= 0.6 is 0 Å². The molecule has 7 nitrogen and oxygen atoms in total. The molecule has 138 valence electrons. The number of hydrogen-bond donors (Lipinski definition) is 1. The largest absolute Gasteiger partial charge is 0.459 e. The minimum absolute atomic E-state index is 0.0657. The third kappa shape index (κ3) is 3.92. The van der Waals surface area contributed by atoms with E-state index in [1.54, 1.807) is 18.3 Å². The highest BCUT2D eigenvalue weighted by Gasteiger charge is 2.24. The van der Waals surface area contributed by atoms with Gasteiger partial charge in [-0.1, -0.05) is 17.7 Å². The molecule has 1 aliphatic rings. The summed E-state index contributed by atoms with van der Waals surface area (Å²) >= 11 is 0. The van der Waals surface area contributed by atoms with Gasteiger partial charge in [-0.15, -0.1) is 0 Å². The van der Waals surface area contributed by atoms with E-state index in [-0.39, 0.29) is 5.91 Å². The number of nitrogens with one attached hydrogen (secondary N) is 1. The number of aryl methyl sites for hydroxylation is 1. The molecule has 1 aromatic carbocycles. The maximum Gasteiger partial charge on any atom is 0.289 e.